The van der Waals surface area contributed by atoms with Crippen LogP contribution in [0.15, 0.2) is 170 Å². The number of nitrogens with zero attached hydrogens (tertiary/aromatic N) is 4. The number of fused-ring (bicyclic) bond motifs is 11. The smallest absolute Gasteiger partial charge is 0.137 e. The van der Waals surface area contributed by atoms with Crippen LogP contribution in [0.4, 0.5) is 17.1 Å². The van der Waals surface area contributed by atoms with E-state index in [1.807, 2.05) is 18.3 Å². The van der Waals surface area contributed by atoms with Crippen molar-refractivity contribution in [3.8, 4) is 28.4 Å². The van der Waals surface area contributed by atoms with Crippen LogP contribution in [0.3, 0.4) is 0 Å². The van der Waals surface area contributed by atoms with Crippen molar-refractivity contribution in [1.29, 1.82) is 0 Å². The third-order valence-corrected chi connectivity index (χ3v) is 14.0. The predicted octanol–water partition coefficient (Wildman–Crippen LogP) is 13.8. The van der Waals surface area contributed by atoms with Crippen molar-refractivity contribution in [2.24, 2.45) is 0 Å². The van der Waals surface area contributed by atoms with Gasteiger partial charge in [0.2, 0.25) is 0 Å². The Morgan fingerprint density at radius 3 is 2.13 bits per heavy atom. The Kier molecular flexibility index (Phi) is 7.67. The molecule has 302 valence electrons. The molecule has 62 heavy (non-hydrogen) atoms. The highest BCUT2D eigenvalue weighted by molar-refractivity contribution is 6.09. The summed E-state index contributed by atoms with van der Waals surface area (Å²) in [4.78, 5) is 9.69. The SMILES string of the molecule is CN1CN2c3cc(Oc4ccc5c6ccccc6n(-c6ccccn6)c5c4)ccc3C3(c4cc(C(C)(C)C)ccc4C(C)(C)c4cccc(-c5ccccc5)c43)c3cccc1c32. The van der Waals surface area contributed by atoms with E-state index in [1.54, 1.807) is 0 Å². The van der Waals surface area contributed by atoms with Gasteiger partial charge in [0.25, 0.3) is 0 Å². The van der Waals surface area contributed by atoms with Gasteiger partial charge < -0.3 is 14.5 Å². The number of ether oxygens (including phenoxy) is 1. The summed E-state index contributed by atoms with van der Waals surface area (Å²) in [6, 6.07) is 60.3. The van der Waals surface area contributed by atoms with E-state index in [1.165, 1.54) is 66.8 Å². The number of pyridine rings is 1. The number of anilines is 3. The summed E-state index contributed by atoms with van der Waals surface area (Å²) in [6.45, 7) is 12.6. The molecule has 4 heterocycles. The Morgan fingerprint density at radius 2 is 1.31 bits per heavy atom. The molecule has 5 heteroatoms. The van der Waals surface area contributed by atoms with Crippen molar-refractivity contribution in [2.45, 2.75) is 50.9 Å². The summed E-state index contributed by atoms with van der Waals surface area (Å²) < 4.78 is 9.23. The van der Waals surface area contributed by atoms with Gasteiger partial charge in [-0.1, -0.05) is 144 Å². The predicted molar refractivity (Wildman–Crippen MR) is 255 cm³/mol. The van der Waals surface area contributed by atoms with E-state index >= 15 is 0 Å². The number of hydrogen-bond acceptors (Lipinski definition) is 4. The summed E-state index contributed by atoms with van der Waals surface area (Å²) in [6.07, 6.45) is 1.85. The van der Waals surface area contributed by atoms with Crippen LogP contribution in [0, 0.1) is 0 Å². The fourth-order valence-corrected chi connectivity index (χ4v) is 11.2. The summed E-state index contributed by atoms with van der Waals surface area (Å²) >= 11 is 0. The minimum atomic E-state index is -0.642. The molecule has 9 aromatic rings. The maximum absolute atomic E-state index is 6.99. The average molecular weight is 805 g/mol. The van der Waals surface area contributed by atoms with Gasteiger partial charge in [-0.3, -0.25) is 4.57 Å². The Balaban J connectivity index is 1.13. The van der Waals surface area contributed by atoms with Gasteiger partial charge in [-0.05, 0) is 98.0 Å². The standard InChI is InChI=1S/C57H48N4O/c1-55(2,3)37-25-29-43-47(32-37)57(53-40(36-16-8-7-9-17-36)19-14-20-45(53)56(43,4)5)44-30-27-39(34-51(44)60-35-59(6)49-23-15-21-46(57)54(49)60)62-38-26-28-42-41-18-10-11-22-48(41)61(50(42)33-38)52-24-12-13-31-58-52/h7-34H,35H2,1-6H3. The first-order valence-corrected chi connectivity index (χ1v) is 21.8. The molecule has 0 amide bonds. The normalized spacial score (nSPS) is 16.9. The van der Waals surface area contributed by atoms with Crippen LogP contribution >= 0.6 is 0 Å². The fraction of sp³-hybridized carbons (Fsp3) is 0.175. The number of benzene rings is 7. The van der Waals surface area contributed by atoms with E-state index in [0.29, 0.717) is 0 Å². The molecule has 1 aliphatic carbocycles. The van der Waals surface area contributed by atoms with E-state index < -0.39 is 5.41 Å². The molecule has 0 bridgehead atoms. The van der Waals surface area contributed by atoms with Gasteiger partial charge in [-0.2, -0.15) is 0 Å². The third kappa shape index (κ3) is 4.99. The summed E-state index contributed by atoms with van der Waals surface area (Å²) in [7, 11) is 2.22. The first-order valence-electron chi connectivity index (χ1n) is 21.8. The highest BCUT2D eigenvalue weighted by Gasteiger charge is 2.56. The number of hydrogen-bond donors (Lipinski definition) is 0. The van der Waals surface area contributed by atoms with Crippen molar-refractivity contribution in [3.05, 3.63) is 209 Å². The molecule has 0 fully saturated rings. The van der Waals surface area contributed by atoms with Crippen molar-refractivity contribution in [3.63, 3.8) is 0 Å². The van der Waals surface area contributed by atoms with Gasteiger partial charge in [0.1, 0.15) is 17.3 Å². The number of rotatable bonds is 4. The largest absolute Gasteiger partial charge is 0.457 e. The van der Waals surface area contributed by atoms with Crippen LogP contribution in [0.5, 0.6) is 11.5 Å². The van der Waals surface area contributed by atoms with Crippen molar-refractivity contribution in [2.75, 3.05) is 23.5 Å². The summed E-state index contributed by atoms with van der Waals surface area (Å²) in [5, 5.41) is 2.35. The minimum absolute atomic E-state index is 0.0525. The first-order chi connectivity index (χ1) is 30.0. The van der Waals surface area contributed by atoms with E-state index in [-0.39, 0.29) is 10.8 Å². The van der Waals surface area contributed by atoms with Crippen LogP contribution in [-0.2, 0) is 16.2 Å². The van der Waals surface area contributed by atoms with Crippen molar-refractivity contribution in [1.82, 2.24) is 9.55 Å². The molecule has 7 aromatic carbocycles. The lowest BCUT2D eigenvalue weighted by molar-refractivity contribution is 0.482. The second kappa shape index (κ2) is 13.0. The average Bonchev–Trinajstić information content (AvgIpc) is 3.81. The zero-order chi connectivity index (χ0) is 42.1. The van der Waals surface area contributed by atoms with Gasteiger partial charge in [0.05, 0.1) is 40.2 Å². The highest BCUT2D eigenvalue weighted by Crippen LogP contribution is 2.66. The van der Waals surface area contributed by atoms with Crippen molar-refractivity contribution >= 4 is 38.9 Å². The monoisotopic (exact) mass is 804 g/mol. The first kappa shape index (κ1) is 36.7. The van der Waals surface area contributed by atoms with Gasteiger partial charge in [0.15, 0.2) is 0 Å². The Hall–Kier alpha value is -7.11. The van der Waals surface area contributed by atoms with Crippen LogP contribution in [-0.4, -0.2) is 23.3 Å². The quantitative estimate of drug-likeness (QED) is 0.177. The van der Waals surface area contributed by atoms with E-state index in [2.05, 4.69) is 208 Å². The molecule has 1 unspecified atom stereocenters. The molecular formula is C57H48N4O. The number of para-hydroxylation sites is 2. The highest BCUT2D eigenvalue weighted by atomic mass is 16.5. The van der Waals surface area contributed by atoms with E-state index in [4.69, 9.17) is 9.72 Å². The maximum Gasteiger partial charge on any atom is 0.137 e. The van der Waals surface area contributed by atoms with Gasteiger partial charge in [-0.15, -0.1) is 0 Å². The Bertz CT molecular complexity index is 3280. The zero-order valence-corrected chi connectivity index (χ0v) is 36.1. The lowest BCUT2D eigenvalue weighted by Gasteiger charge is -2.52. The topological polar surface area (TPSA) is 33.5 Å². The second-order valence-corrected chi connectivity index (χ2v) is 18.9. The fourth-order valence-electron chi connectivity index (χ4n) is 11.2. The Morgan fingerprint density at radius 1 is 0.581 bits per heavy atom. The lowest BCUT2D eigenvalue weighted by Crippen LogP contribution is -2.46. The molecule has 2 aliphatic heterocycles. The molecule has 0 saturated carbocycles. The molecule has 0 N–H and O–H groups in total. The number of aromatic nitrogens is 2. The molecule has 1 spiro atoms. The molecule has 3 aliphatic rings. The van der Waals surface area contributed by atoms with Crippen LogP contribution in [0.1, 0.15) is 73.6 Å². The molecule has 0 radical (unpaired) electrons. The van der Waals surface area contributed by atoms with E-state index in [0.717, 1.165) is 46.1 Å². The van der Waals surface area contributed by atoms with Gasteiger partial charge >= 0.3 is 0 Å². The molecule has 1 atom stereocenters. The molecule has 0 saturated heterocycles. The molecular weight excluding hydrogens is 757 g/mol. The second-order valence-electron chi connectivity index (χ2n) is 18.9. The molecule has 12 rings (SSSR count). The third-order valence-electron chi connectivity index (χ3n) is 14.0. The zero-order valence-electron chi connectivity index (χ0n) is 36.1. The molecule has 2 aromatic heterocycles. The van der Waals surface area contributed by atoms with E-state index in [9.17, 15) is 0 Å². The summed E-state index contributed by atoms with van der Waals surface area (Å²) in [5.41, 5.74) is 16.7. The Labute approximate surface area is 363 Å². The lowest BCUT2D eigenvalue weighted by atomic mass is 9.51. The van der Waals surface area contributed by atoms with Crippen LogP contribution in [0.25, 0.3) is 38.8 Å². The maximum atomic E-state index is 6.99. The van der Waals surface area contributed by atoms with Gasteiger partial charge in [-0.25, -0.2) is 4.98 Å². The van der Waals surface area contributed by atoms with Crippen LogP contribution < -0.4 is 14.5 Å². The van der Waals surface area contributed by atoms with Crippen molar-refractivity contribution < 1.29 is 4.74 Å². The summed E-state index contributed by atoms with van der Waals surface area (Å²) in [5.74, 6) is 2.45. The minimum Gasteiger partial charge on any atom is -0.457 e. The van der Waals surface area contributed by atoms with Crippen LogP contribution in [0.2, 0.25) is 0 Å². The van der Waals surface area contributed by atoms with Gasteiger partial charge in [0, 0.05) is 41.6 Å². The molecule has 5 nitrogen and oxygen atoms in total.